The molecule has 0 saturated carbocycles. The lowest BCUT2D eigenvalue weighted by Gasteiger charge is -2.06. The second-order valence-electron chi connectivity index (χ2n) is 4.95. The summed E-state index contributed by atoms with van der Waals surface area (Å²) in [6.45, 7) is 3.20. The Morgan fingerprint density at radius 3 is 2.57 bits per heavy atom. The number of nitrogens with two attached hydrogens (primary N) is 1. The van der Waals surface area contributed by atoms with Crippen LogP contribution >= 0.6 is 0 Å². The number of hydrogen-bond acceptors (Lipinski definition) is 2. The Kier molecular flexibility index (Phi) is 5.35. The highest BCUT2D eigenvalue weighted by atomic mass is 16.5. The van der Waals surface area contributed by atoms with Gasteiger partial charge in [0.05, 0.1) is 13.2 Å². The highest BCUT2D eigenvalue weighted by Crippen LogP contribution is 2.09. The normalized spacial score (nSPS) is 11.4. The van der Waals surface area contributed by atoms with Crippen LogP contribution in [0.2, 0.25) is 0 Å². The molecule has 110 valence electrons. The third kappa shape index (κ3) is 4.93. The number of guanidine groups is 1. The fraction of sp³-hybridized carbons (Fsp3) is 0.235. The molecule has 0 aliphatic rings. The van der Waals surface area contributed by atoms with Gasteiger partial charge in [0.15, 0.2) is 5.96 Å². The van der Waals surface area contributed by atoms with Gasteiger partial charge in [-0.25, -0.2) is 4.99 Å². The fourth-order valence-corrected chi connectivity index (χ4v) is 1.99. The lowest BCUT2D eigenvalue weighted by Crippen LogP contribution is -2.22. The SMILES string of the molecule is COCc1cccc(CN=C(N)Nc2ccc(C)cc2)c1. The largest absolute Gasteiger partial charge is 0.380 e. The van der Waals surface area contributed by atoms with Gasteiger partial charge in [-0.15, -0.1) is 0 Å². The molecule has 2 rings (SSSR count). The van der Waals surface area contributed by atoms with E-state index in [1.165, 1.54) is 5.56 Å². The Labute approximate surface area is 125 Å². The molecule has 0 fully saturated rings. The van der Waals surface area contributed by atoms with E-state index in [2.05, 4.69) is 16.4 Å². The van der Waals surface area contributed by atoms with Crippen LogP contribution in [0, 0.1) is 6.92 Å². The minimum atomic E-state index is 0.413. The number of nitrogens with one attached hydrogen (secondary N) is 1. The smallest absolute Gasteiger partial charge is 0.193 e. The summed E-state index contributed by atoms with van der Waals surface area (Å²) in [6, 6.07) is 16.2. The van der Waals surface area contributed by atoms with Crippen LogP contribution in [0.3, 0.4) is 0 Å². The van der Waals surface area contributed by atoms with Gasteiger partial charge in [0.1, 0.15) is 0 Å². The molecule has 21 heavy (non-hydrogen) atoms. The highest BCUT2D eigenvalue weighted by Gasteiger charge is 1.97. The Hall–Kier alpha value is -2.33. The molecule has 2 aromatic carbocycles. The first-order chi connectivity index (χ1) is 10.2. The van der Waals surface area contributed by atoms with Crippen LogP contribution in [-0.4, -0.2) is 13.1 Å². The zero-order chi connectivity index (χ0) is 15.1. The van der Waals surface area contributed by atoms with Gasteiger partial charge >= 0.3 is 0 Å². The first kappa shape index (κ1) is 15.1. The molecule has 4 nitrogen and oxygen atoms in total. The summed E-state index contributed by atoms with van der Waals surface area (Å²) in [7, 11) is 1.69. The minimum Gasteiger partial charge on any atom is -0.380 e. The lowest BCUT2D eigenvalue weighted by atomic mass is 10.1. The van der Waals surface area contributed by atoms with Crippen molar-refractivity contribution in [1.82, 2.24) is 0 Å². The van der Waals surface area contributed by atoms with Crippen molar-refractivity contribution >= 4 is 11.6 Å². The summed E-state index contributed by atoms with van der Waals surface area (Å²) in [5, 5.41) is 3.08. The minimum absolute atomic E-state index is 0.413. The number of benzene rings is 2. The second kappa shape index (κ2) is 7.45. The van der Waals surface area contributed by atoms with E-state index in [1.54, 1.807) is 7.11 Å². The predicted octanol–water partition coefficient (Wildman–Crippen LogP) is 3.07. The monoisotopic (exact) mass is 283 g/mol. The lowest BCUT2D eigenvalue weighted by molar-refractivity contribution is 0.185. The second-order valence-corrected chi connectivity index (χ2v) is 4.95. The van der Waals surface area contributed by atoms with Crippen molar-refractivity contribution in [2.24, 2.45) is 10.7 Å². The molecule has 0 aliphatic heterocycles. The van der Waals surface area contributed by atoms with Crippen LogP contribution < -0.4 is 11.1 Å². The van der Waals surface area contributed by atoms with Crippen molar-refractivity contribution in [3.63, 3.8) is 0 Å². The highest BCUT2D eigenvalue weighted by molar-refractivity contribution is 5.92. The van der Waals surface area contributed by atoms with Crippen molar-refractivity contribution in [3.05, 3.63) is 65.2 Å². The number of aryl methyl sites for hydroxylation is 1. The molecule has 0 aromatic heterocycles. The summed E-state index contributed by atoms with van der Waals surface area (Å²) in [5.74, 6) is 0.413. The third-order valence-electron chi connectivity index (χ3n) is 3.06. The molecule has 0 atom stereocenters. The van der Waals surface area contributed by atoms with E-state index in [0.717, 1.165) is 16.8 Å². The van der Waals surface area contributed by atoms with Crippen LogP contribution in [0.5, 0.6) is 0 Å². The topological polar surface area (TPSA) is 59.6 Å². The Balaban J connectivity index is 1.96. The number of nitrogens with zero attached hydrogens (tertiary/aromatic N) is 1. The standard InChI is InChI=1S/C17H21N3O/c1-13-6-8-16(9-7-13)20-17(18)19-11-14-4-3-5-15(10-14)12-21-2/h3-10H,11-12H2,1-2H3,(H3,18,19,20). The quantitative estimate of drug-likeness (QED) is 0.655. The molecule has 0 aliphatic carbocycles. The van der Waals surface area contributed by atoms with Crippen LogP contribution in [0.1, 0.15) is 16.7 Å². The van der Waals surface area contributed by atoms with E-state index in [1.807, 2.05) is 49.4 Å². The van der Waals surface area contributed by atoms with E-state index in [9.17, 15) is 0 Å². The average Bonchev–Trinajstić information content (AvgIpc) is 2.48. The first-order valence-electron chi connectivity index (χ1n) is 6.88. The number of anilines is 1. The molecule has 0 radical (unpaired) electrons. The van der Waals surface area contributed by atoms with Crippen molar-refractivity contribution in [3.8, 4) is 0 Å². The van der Waals surface area contributed by atoms with Gasteiger partial charge < -0.3 is 15.8 Å². The molecule has 0 amide bonds. The van der Waals surface area contributed by atoms with Crippen LogP contribution in [0.4, 0.5) is 5.69 Å². The van der Waals surface area contributed by atoms with Crippen molar-refractivity contribution in [1.29, 1.82) is 0 Å². The molecule has 0 bridgehead atoms. The fourth-order valence-electron chi connectivity index (χ4n) is 1.99. The predicted molar refractivity (Wildman–Crippen MR) is 87.3 cm³/mol. The number of hydrogen-bond donors (Lipinski definition) is 2. The van der Waals surface area contributed by atoms with Gasteiger partial charge in [-0.1, -0.05) is 42.0 Å². The summed E-state index contributed by atoms with van der Waals surface area (Å²) >= 11 is 0. The molecular formula is C17H21N3O. The summed E-state index contributed by atoms with van der Waals surface area (Å²) in [5.41, 5.74) is 10.3. The van der Waals surface area contributed by atoms with Crippen molar-refractivity contribution in [2.75, 3.05) is 12.4 Å². The van der Waals surface area contributed by atoms with E-state index in [4.69, 9.17) is 10.5 Å². The zero-order valence-electron chi connectivity index (χ0n) is 12.5. The van der Waals surface area contributed by atoms with Gasteiger partial charge in [-0.3, -0.25) is 0 Å². The Morgan fingerprint density at radius 2 is 1.86 bits per heavy atom. The molecule has 0 heterocycles. The van der Waals surface area contributed by atoms with Crippen LogP contribution in [-0.2, 0) is 17.9 Å². The van der Waals surface area contributed by atoms with Gasteiger partial charge in [0, 0.05) is 12.8 Å². The third-order valence-corrected chi connectivity index (χ3v) is 3.06. The van der Waals surface area contributed by atoms with E-state index in [0.29, 0.717) is 19.1 Å². The molecule has 0 saturated heterocycles. The molecule has 0 spiro atoms. The van der Waals surface area contributed by atoms with Crippen LogP contribution in [0.15, 0.2) is 53.5 Å². The maximum atomic E-state index is 5.90. The molecular weight excluding hydrogens is 262 g/mol. The van der Waals surface area contributed by atoms with Crippen molar-refractivity contribution < 1.29 is 4.74 Å². The molecule has 2 aromatic rings. The van der Waals surface area contributed by atoms with Crippen molar-refractivity contribution in [2.45, 2.75) is 20.1 Å². The van der Waals surface area contributed by atoms with Gasteiger partial charge in [-0.05, 0) is 30.2 Å². The van der Waals surface area contributed by atoms with E-state index >= 15 is 0 Å². The molecule has 4 heteroatoms. The number of rotatable bonds is 5. The zero-order valence-corrected chi connectivity index (χ0v) is 12.5. The molecule has 3 N–H and O–H groups in total. The number of methoxy groups -OCH3 is 1. The maximum absolute atomic E-state index is 5.90. The van der Waals surface area contributed by atoms with E-state index < -0.39 is 0 Å². The Bertz CT molecular complexity index is 606. The van der Waals surface area contributed by atoms with Gasteiger partial charge in [0.2, 0.25) is 0 Å². The van der Waals surface area contributed by atoms with Gasteiger partial charge in [0.25, 0.3) is 0 Å². The first-order valence-corrected chi connectivity index (χ1v) is 6.88. The number of aliphatic imine (C=N–C) groups is 1. The average molecular weight is 283 g/mol. The maximum Gasteiger partial charge on any atom is 0.193 e. The summed E-state index contributed by atoms with van der Waals surface area (Å²) in [6.07, 6.45) is 0. The van der Waals surface area contributed by atoms with E-state index in [-0.39, 0.29) is 0 Å². The Morgan fingerprint density at radius 1 is 1.14 bits per heavy atom. The molecule has 0 unspecified atom stereocenters. The van der Waals surface area contributed by atoms with Gasteiger partial charge in [-0.2, -0.15) is 0 Å². The van der Waals surface area contributed by atoms with Crippen LogP contribution in [0.25, 0.3) is 0 Å². The summed E-state index contributed by atoms with van der Waals surface area (Å²) in [4.78, 5) is 4.36. The summed E-state index contributed by atoms with van der Waals surface area (Å²) < 4.78 is 5.12. The number of ether oxygens (including phenoxy) is 1.